The zero-order chi connectivity index (χ0) is 35.8. The van der Waals surface area contributed by atoms with Crippen LogP contribution in [0.5, 0.6) is 0 Å². The molecule has 1 aliphatic rings. The van der Waals surface area contributed by atoms with Crippen molar-refractivity contribution in [3.05, 3.63) is 212 Å². The molecule has 0 saturated heterocycles. The van der Waals surface area contributed by atoms with Crippen LogP contribution in [0.25, 0.3) is 54.2 Å². The molecule has 0 unspecified atom stereocenters. The maximum absolute atomic E-state index is 2.46. The number of rotatable bonds is 7. The molecule has 2 heteroatoms. The summed E-state index contributed by atoms with van der Waals surface area (Å²) >= 11 is 0. The summed E-state index contributed by atoms with van der Waals surface area (Å²) in [6, 6.07) is 68.5. The van der Waals surface area contributed by atoms with Crippen LogP contribution in [0.3, 0.4) is 0 Å². The topological polar surface area (TPSA) is 6.48 Å². The van der Waals surface area contributed by atoms with Gasteiger partial charge in [-0.25, -0.2) is 0 Å². The van der Waals surface area contributed by atoms with Gasteiger partial charge in [-0.1, -0.05) is 152 Å². The molecule has 9 aromatic carbocycles. The van der Waals surface area contributed by atoms with Gasteiger partial charge >= 0.3 is 0 Å². The van der Waals surface area contributed by atoms with Crippen molar-refractivity contribution in [3.63, 3.8) is 0 Å². The molecule has 0 atom stereocenters. The molecule has 256 valence electrons. The average Bonchev–Trinajstić information content (AvgIpc) is 3.24. The zero-order valence-corrected chi connectivity index (χ0v) is 29.9. The van der Waals surface area contributed by atoms with Gasteiger partial charge in [-0.05, 0) is 100 Å². The lowest BCUT2D eigenvalue weighted by atomic mass is 9.97. The fourth-order valence-electron chi connectivity index (χ4n) is 8.22. The maximum Gasteiger partial charge on any atom is 0.0618 e. The second-order valence-electron chi connectivity index (χ2n) is 14.0. The van der Waals surface area contributed by atoms with E-state index in [1.807, 2.05) is 0 Å². The first-order chi connectivity index (χ1) is 26.8. The normalized spacial score (nSPS) is 12.7. The SMILES string of the molecule is C1=CC(N(c2ccc(-c3ccc(N(c4ccccc4)c4c5ccccc5cc5ccccc45)cc3)cc2)c2c3ccccc3cc3ccccc23)=CCC1. The molecule has 1 aliphatic carbocycles. The summed E-state index contributed by atoms with van der Waals surface area (Å²) in [5.74, 6) is 0. The molecular formula is C52H38N2. The van der Waals surface area contributed by atoms with Crippen LogP contribution in [-0.2, 0) is 0 Å². The van der Waals surface area contributed by atoms with Crippen LogP contribution in [0.2, 0.25) is 0 Å². The Morgan fingerprint density at radius 1 is 0.333 bits per heavy atom. The van der Waals surface area contributed by atoms with Crippen LogP contribution < -0.4 is 9.80 Å². The summed E-state index contributed by atoms with van der Waals surface area (Å²) in [6.45, 7) is 0. The smallest absolute Gasteiger partial charge is 0.0618 e. The van der Waals surface area contributed by atoms with Crippen molar-refractivity contribution in [3.8, 4) is 11.1 Å². The van der Waals surface area contributed by atoms with Crippen LogP contribution in [0.15, 0.2) is 212 Å². The molecule has 0 N–H and O–H groups in total. The van der Waals surface area contributed by atoms with Gasteiger partial charge < -0.3 is 9.80 Å². The number of anilines is 5. The Balaban J connectivity index is 1.07. The molecule has 0 aromatic heterocycles. The van der Waals surface area contributed by atoms with Gasteiger partial charge in [0.2, 0.25) is 0 Å². The van der Waals surface area contributed by atoms with E-state index in [1.165, 1.54) is 71.3 Å². The van der Waals surface area contributed by atoms with Crippen molar-refractivity contribution >= 4 is 71.5 Å². The Hall–Kier alpha value is -6.90. The van der Waals surface area contributed by atoms with Crippen molar-refractivity contribution < 1.29 is 0 Å². The van der Waals surface area contributed by atoms with E-state index in [0.29, 0.717) is 0 Å². The predicted molar refractivity (Wildman–Crippen MR) is 232 cm³/mol. The third kappa shape index (κ3) is 5.60. The molecule has 10 rings (SSSR count). The van der Waals surface area contributed by atoms with E-state index in [9.17, 15) is 0 Å². The average molecular weight is 691 g/mol. The first-order valence-corrected chi connectivity index (χ1v) is 18.8. The largest absolute Gasteiger partial charge is 0.310 e. The predicted octanol–water partition coefficient (Wildman–Crippen LogP) is 14.8. The highest BCUT2D eigenvalue weighted by Gasteiger charge is 2.21. The van der Waals surface area contributed by atoms with Crippen molar-refractivity contribution in [2.24, 2.45) is 0 Å². The molecule has 0 heterocycles. The second-order valence-corrected chi connectivity index (χ2v) is 14.0. The molecule has 2 nitrogen and oxygen atoms in total. The van der Waals surface area contributed by atoms with Crippen LogP contribution in [-0.4, -0.2) is 0 Å². The summed E-state index contributed by atoms with van der Waals surface area (Å²) in [6.07, 6.45) is 9.06. The van der Waals surface area contributed by atoms with Gasteiger partial charge in [0.05, 0.1) is 11.4 Å². The highest BCUT2D eigenvalue weighted by atomic mass is 15.2. The molecule has 0 bridgehead atoms. The minimum absolute atomic E-state index is 1.03. The Morgan fingerprint density at radius 3 is 1.17 bits per heavy atom. The molecule has 0 amide bonds. The van der Waals surface area contributed by atoms with Crippen molar-refractivity contribution in [2.45, 2.75) is 12.8 Å². The Labute approximate surface area is 316 Å². The molecule has 0 radical (unpaired) electrons. The van der Waals surface area contributed by atoms with Crippen molar-refractivity contribution in [1.82, 2.24) is 0 Å². The third-order valence-electron chi connectivity index (χ3n) is 10.8. The van der Waals surface area contributed by atoms with Gasteiger partial charge in [-0.2, -0.15) is 0 Å². The summed E-state index contributed by atoms with van der Waals surface area (Å²) < 4.78 is 0. The summed E-state index contributed by atoms with van der Waals surface area (Å²) in [5.41, 5.74) is 9.38. The first kappa shape index (κ1) is 31.8. The van der Waals surface area contributed by atoms with Gasteiger partial charge in [-0.3, -0.25) is 0 Å². The summed E-state index contributed by atoms with van der Waals surface area (Å²) in [7, 11) is 0. The molecule has 0 spiro atoms. The van der Waals surface area contributed by atoms with E-state index in [4.69, 9.17) is 0 Å². The van der Waals surface area contributed by atoms with Gasteiger partial charge in [0.15, 0.2) is 0 Å². The maximum atomic E-state index is 2.46. The van der Waals surface area contributed by atoms with Gasteiger partial charge in [0.1, 0.15) is 0 Å². The number of para-hydroxylation sites is 1. The number of hydrogen-bond acceptors (Lipinski definition) is 2. The molecule has 0 fully saturated rings. The molecule has 9 aromatic rings. The highest BCUT2D eigenvalue weighted by Crippen LogP contribution is 2.45. The fraction of sp³-hybridized carbons (Fsp3) is 0.0385. The molecule has 0 saturated carbocycles. The summed E-state index contributed by atoms with van der Waals surface area (Å²) in [4.78, 5) is 4.87. The number of benzene rings is 9. The quantitative estimate of drug-likeness (QED) is 0.154. The number of hydrogen-bond donors (Lipinski definition) is 0. The molecule has 54 heavy (non-hydrogen) atoms. The van der Waals surface area contributed by atoms with Crippen LogP contribution in [0.4, 0.5) is 28.4 Å². The minimum atomic E-state index is 1.03. The highest BCUT2D eigenvalue weighted by molar-refractivity contribution is 6.15. The van der Waals surface area contributed by atoms with Crippen LogP contribution in [0.1, 0.15) is 12.8 Å². The fourth-order valence-corrected chi connectivity index (χ4v) is 8.22. The molecule has 0 aliphatic heterocycles. The number of allylic oxidation sites excluding steroid dienone is 3. The Bertz CT molecular complexity index is 2760. The van der Waals surface area contributed by atoms with E-state index in [2.05, 4.69) is 216 Å². The van der Waals surface area contributed by atoms with Crippen molar-refractivity contribution in [2.75, 3.05) is 9.80 Å². The van der Waals surface area contributed by atoms with E-state index < -0.39 is 0 Å². The van der Waals surface area contributed by atoms with E-state index in [1.54, 1.807) is 0 Å². The zero-order valence-electron chi connectivity index (χ0n) is 29.9. The molecular weight excluding hydrogens is 653 g/mol. The van der Waals surface area contributed by atoms with E-state index in [-0.39, 0.29) is 0 Å². The Morgan fingerprint density at radius 2 is 0.722 bits per heavy atom. The van der Waals surface area contributed by atoms with Crippen LogP contribution in [0, 0.1) is 0 Å². The lowest BCUT2D eigenvalue weighted by molar-refractivity contribution is 0.999. The van der Waals surface area contributed by atoms with Gasteiger partial charge in [-0.15, -0.1) is 0 Å². The number of fused-ring (bicyclic) bond motifs is 4. The van der Waals surface area contributed by atoms with E-state index in [0.717, 1.165) is 29.9 Å². The van der Waals surface area contributed by atoms with Gasteiger partial charge in [0.25, 0.3) is 0 Å². The number of nitrogens with zero attached hydrogens (tertiary/aromatic N) is 2. The lowest BCUT2D eigenvalue weighted by Gasteiger charge is -2.30. The lowest BCUT2D eigenvalue weighted by Crippen LogP contribution is -2.17. The summed E-state index contributed by atoms with van der Waals surface area (Å²) in [5, 5.41) is 9.90. The third-order valence-corrected chi connectivity index (χ3v) is 10.8. The van der Waals surface area contributed by atoms with Crippen molar-refractivity contribution in [1.29, 1.82) is 0 Å². The first-order valence-electron chi connectivity index (χ1n) is 18.8. The van der Waals surface area contributed by atoms with Crippen LogP contribution >= 0.6 is 0 Å². The Kier molecular flexibility index (Phi) is 8.00. The standard InChI is InChI=1S/C52H38N2/c1-3-19-43(20-4-1)53(51-47-23-11-7-15-39(47)35-40-16-8-12-24-48(40)51)45-31-27-37(28-32-45)38-29-33-46(34-30-38)54(44-21-5-2-6-22-44)52-49-25-13-9-17-41(49)36-42-18-10-14-26-50(42)52/h1,3-5,7-36H,2,6H2. The minimum Gasteiger partial charge on any atom is -0.310 e. The second kappa shape index (κ2) is 13.6. The van der Waals surface area contributed by atoms with Gasteiger partial charge in [0, 0.05) is 44.3 Å². The van der Waals surface area contributed by atoms with E-state index >= 15 is 0 Å². The monoisotopic (exact) mass is 690 g/mol.